The standard InChI is InChI=1S/C24H46N4O5S/c1-8-9-11-25-22(31)16(4)14-21(30)20(13-15(2)3)28-24(33)19(10-12-34-7)27-23(32)17(5)26-18(6)29/h15-17,19-21,30H,8-14H2,1-7H3,(H,25,31)(H,26,29)(H,27,32)(H,28,33)/t16-,17+,19+,20+,21+/m1/s1. The first-order valence-electron chi connectivity index (χ1n) is 12.2. The number of hydrogen-bond acceptors (Lipinski definition) is 6. The van der Waals surface area contributed by atoms with Gasteiger partial charge in [0.1, 0.15) is 12.1 Å². The zero-order valence-corrected chi connectivity index (χ0v) is 22.7. The van der Waals surface area contributed by atoms with Gasteiger partial charge < -0.3 is 26.4 Å². The fraction of sp³-hybridized carbons (Fsp3) is 0.833. The predicted octanol–water partition coefficient (Wildman–Crippen LogP) is 1.58. The van der Waals surface area contributed by atoms with Crippen molar-refractivity contribution in [3.8, 4) is 0 Å². The van der Waals surface area contributed by atoms with Gasteiger partial charge in [-0.25, -0.2) is 0 Å². The van der Waals surface area contributed by atoms with Gasteiger partial charge in [0.05, 0.1) is 12.1 Å². The van der Waals surface area contributed by atoms with Crippen LogP contribution < -0.4 is 21.3 Å². The van der Waals surface area contributed by atoms with Crippen molar-refractivity contribution in [3.05, 3.63) is 0 Å². The largest absolute Gasteiger partial charge is 0.391 e. The lowest BCUT2D eigenvalue weighted by Gasteiger charge is -2.29. The summed E-state index contributed by atoms with van der Waals surface area (Å²) in [6.07, 6.45) is 4.04. The summed E-state index contributed by atoms with van der Waals surface area (Å²) in [4.78, 5) is 49.2. The van der Waals surface area contributed by atoms with E-state index in [2.05, 4.69) is 21.3 Å². The molecule has 0 rings (SSSR count). The minimum atomic E-state index is -0.909. The van der Waals surface area contributed by atoms with Gasteiger partial charge in [0.2, 0.25) is 23.6 Å². The maximum Gasteiger partial charge on any atom is 0.242 e. The molecule has 5 N–H and O–H groups in total. The van der Waals surface area contributed by atoms with Gasteiger partial charge in [-0.1, -0.05) is 34.1 Å². The Kier molecular flexibility index (Phi) is 16.7. The van der Waals surface area contributed by atoms with E-state index in [-0.39, 0.29) is 30.1 Å². The van der Waals surface area contributed by atoms with E-state index in [4.69, 9.17) is 0 Å². The number of amides is 4. The quantitative estimate of drug-likeness (QED) is 0.192. The van der Waals surface area contributed by atoms with Gasteiger partial charge in [0, 0.05) is 19.4 Å². The topological polar surface area (TPSA) is 137 Å². The molecule has 0 aromatic heterocycles. The second-order valence-corrected chi connectivity index (χ2v) is 10.3. The fourth-order valence-corrected chi connectivity index (χ4v) is 3.94. The molecule has 0 aliphatic rings. The van der Waals surface area contributed by atoms with Gasteiger partial charge in [-0.3, -0.25) is 19.2 Å². The zero-order valence-electron chi connectivity index (χ0n) is 21.9. The molecule has 0 fully saturated rings. The number of unbranched alkanes of at least 4 members (excludes halogenated alkanes) is 1. The van der Waals surface area contributed by atoms with Crippen LogP contribution in [0.5, 0.6) is 0 Å². The van der Waals surface area contributed by atoms with E-state index in [1.165, 1.54) is 6.92 Å². The van der Waals surface area contributed by atoms with Crippen LogP contribution >= 0.6 is 11.8 Å². The molecule has 0 saturated carbocycles. The molecule has 34 heavy (non-hydrogen) atoms. The molecule has 198 valence electrons. The summed E-state index contributed by atoms with van der Waals surface area (Å²) in [6, 6.07) is -2.13. The van der Waals surface area contributed by atoms with Gasteiger partial charge in [0.25, 0.3) is 0 Å². The van der Waals surface area contributed by atoms with Crippen molar-refractivity contribution >= 4 is 35.4 Å². The molecule has 0 heterocycles. The molecule has 9 nitrogen and oxygen atoms in total. The van der Waals surface area contributed by atoms with E-state index in [9.17, 15) is 24.3 Å². The lowest BCUT2D eigenvalue weighted by molar-refractivity contribution is -0.132. The Bertz CT molecular complexity index is 647. The van der Waals surface area contributed by atoms with E-state index < -0.39 is 36.1 Å². The van der Waals surface area contributed by atoms with Crippen molar-refractivity contribution < 1.29 is 24.3 Å². The van der Waals surface area contributed by atoms with Crippen molar-refractivity contribution in [2.24, 2.45) is 11.8 Å². The molecule has 0 bridgehead atoms. The highest BCUT2D eigenvalue weighted by molar-refractivity contribution is 7.98. The van der Waals surface area contributed by atoms with Crippen LogP contribution in [0.15, 0.2) is 0 Å². The highest BCUT2D eigenvalue weighted by Crippen LogP contribution is 2.16. The highest BCUT2D eigenvalue weighted by atomic mass is 32.2. The molecule has 4 amide bonds. The van der Waals surface area contributed by atoms with Gasteiger partial charge >= 0.3 is 0 Å². The third kappa shape index (κ3) is 13.8. The molecule has 5 atom stereocenters. The number of carbonyl (C=O) groups is 4. The highest BCUT2D eigenvalue weighted by Gasteiger charge is 2.30. The number of aliphatic hydroxyl groups excluding tert-OH is 1. The number of thioether (sulfide) groups is 1. The Hall–Kier alpha value is -1.81. The Morgan fingerprint density at radius 2 is 1.56 bits per heavy atom. The van der Waals surface area contributed by atoms with Crippen LogP contribution in [0.2, 0.25) is 0 Å². The van der Waals surface area contributed by atoms with E-state index in [0.717, 1.165) is 12.8 Å². The molecular formula is C24H46N4O5S. The van der Waals surface area contributed by atoms with Crippen molar-refractivity contribution in [2.75, 3.05) is 18.6 Å². The Balaban J connectivity index is 5.27. The lowest BCUT2D eigenvalue weighted by Crippen LogP contribution is -2.56. The average Bonchev–Trinajstić information content (AvgIpc) is 2.74. The van der Waals surface area contributed by atoms with Gasteiger partial charge in [-0.05, 0) is 50.5 Å². The van der Waals surface area contributed by atoms with Crippen molar-refractivity contribution in [1.82, 2.24) is 21.3 Å². The third-order valence-corrected chi connectivity index (χ3v) is 6.09. The van der Waals surface area contributed by atoms with Crippen molar-refractivity contribution in [3.63, 3.8) is 0 Å². The third-order valence-electron chi connectivity index (χ3n) is 5.45. The van der Waals surface area contributed by atoms with Crippen LogP contribution in [0.4, 0.5) is 0 Å². The van der Waals surface area contributed by atoms with Crippen LogP contribution in [0, 0.1) is 11.8 Å². The van der Waals surface area contributed by atoms with E-state index in [1.54, 1.807) is 25.6 Å². The molecular weight excluding hydrogens is 456 g/mol. The molecule has 0 aliphatic carbocycles. The maximum atomic E-state index is 13.1. The summed E-state index contributed by atoms with van der Waals surface area (Å²) >= 11 is 1.55. The number of rotatable bonds is 17. The number of aliphatic hydroxyl groups is 1. The molecule has 0 aromatic carbocycles. The Morgan fingerprint density at radius 3 is 2.09 bits per heavy atom. The van der Waals surface area contributed by atoms with Crippen LogP contribution in [0.3, 0.4) is 0 Å². The Labute approximate surface area is 209 Å². The molecule has 0 spiro atoms. The predicted molar refractivity (Wildman–Crippen MR) is 137 cm³/mol. The van der Waals surface area contributed by atoms with Crippen LogP contribution in [0.25, 0.3) is 0 Å². The maximum absolute atomic E-state index is 13.1. The number of nitrogens with one attached hydrogen (secondary N) is 4. The summed E-state index contributed by atoms with van der Waals surface area (Å²) in [7, 11) is 0. The summed E-state index contributed by atoms with van der Waals surface area (Å²) in [5.41, 5.74) is 0. The Morgan fingerprint density at radius 1 is 0.912 bits per heavy atom. The van der Waals surface area contributed by atoms with E-state index >= 15 is 0 Å². The average molecular weight is 503 g/mol. The smallest absolute Gasteiger partial charge is 0.242 e. The second kappa shape index (κ2) is 17.6. The van der Waals surface area contributed by atoms with Crippen molar-refractivity contribution in [1.29, 1.82) is 0 Å². The minimum Gasteiger partial charge on any atom is -0.391 e. The molecule has 0 saturated heterocycles. The van der Waals surface area contributed by atoms with Gasteiger partial charge in [-0.15, -0.1) is 0 Å². The number of hydrogen-bond donors (Lipinski definition) is 5. The molecule has 0 aliphatic heterocycles. The summed E-state index contributed by atoms with van der Waals surface area (Å²) in [5, 5.41) is 21.9. The lowest BCUT2D eigenvalue weighted by atomic mass is 9.92. The van der Waals surface area contributed by atoms with E-state index in [1.807, 2.05) is 27.0 Å². The van der Waals surface area contributed by atoms with Crippen molar-refractivity contribution in [2.45, 2.75) is 97.9 Å². The van der Waals surface area contributed by atoms with Gasteiger partial charge in [0.15, 0.2) is 0 Å². The van der Waals surface area contributed by atoms with Crippen LogP contribution in [-0.4, -0.2) is 71.5 Å². The summed E-state index contributed by atoms with van der Waals surface area (Å²) in [6.45, 7) is 11.3. The SMILES string of the molecule is CCCCNC(=O)[C@H](C)C[C@H](O)[C@H](CC(C)C)NC(=O)[C@H](CCSC)NC(=O)[C@H](C)NC(C)=O. The first kappa shape index (κ1) is 32.2. The first-order chi connectivity index (χ1) is 15.9. The normalized spacial score (nSPS) is 15.6. The zero-order chi connectivity index (χ0) is 26.3. The minimum absolute atomic E-state index is 0.112. The molecule has 0 unspecified atom stereocenters. The first-order valence-corrected chi connectivity index (χ1v) is 13.6. The summed E-state index contributed by atoms with van der Waals surface area (Å²) < 4.78 is 0. The monoisotopic (exact) mass is 502 g/mol. The summed E-state index contributed by atoms with van der Waals surface area (Å²) in [5.74, 6) is -0.826. The molecule has 0 radical (unpaired) electrons. The van der Waals surface area contributed by atoms with Crippen LogP contribution in [0.1, 0.15) is 73.6 Å². The number of carbonyl (C=O) groups excluding carboxylic acids is 4. The molecule has 0 aromatic rings. The second-order valence-electron chi connectivity index (χ2n) is 9.36. The van der Waals surface area contributed by atoms with Gasteiger partial charge in [-0.2, -0.15) is 11.8 Å². The van der Waals surface area contributed by atoms with E-state index in [0.29, 0.717) is 25.1 Å². The fourth-order valence-electron chi connectivity index (χ4n) is 3.47. The van der Waals surface area contributed by atoms with Crippen LogP contribution in [-0.2, 0) is 19.2 Å². The molecule has 10 heteroatoms.